The fraction of sp³-hybridized carbons (Fsp3) is 0.222. The van der Waals surface area contributed by atoms with Gasteiger partial charge in [-0.25, -0.2) is 0 Å². The monoisotopic (exact) mass is 506 g/mol. The van der Waals surface area contributed by atoms with Gasteiger partial charge in [-0.2, -0.15) is 0 Å². The first-order valence-electron chi connectivity index (χ1n) is 11.5. The van der Waals surface area contributed by atoms with Gasteiger partial charge >= 0.3 is 0 Å². The van der Waals surface area contributed by atoms with E-state index in [0.29, 0.717) is 45.7 Å². The van der Waals surface area contributed by atoms with Crippen molar-refractivity contribution in [3.05, 3.63) is 82.9 Å². The molecule has 1 fully saturated rings. The minimum Gasteiger partial charge on any atom is -0.484 e. The first kappa shape index (κ1) is 23.8. The van der Waals surface area contributed by atoms with Crippen molar-refractivity contribution >= 4 is 35.0 Å². The maximum absolute atomic E-state index is 12.8. The number of carbonyl (C=O) groups is 3. The minimum absolute atomic E-state index is 0.106. The summed E-state index contributed by atoms with van der Waals surface area (Å²) in [5.74, 6) is 0.531. The Labute approximate surface area is 212 Å². The Balaban J connectivity index is 1.17. The number of nitrogens with zero attached hydrogens (tertiary/aromatic N) is 1. The van der Waals surface area contributed by atoms with E-state index in [4.69, 9.17) is 25.8 Å². The number of carbonyl (C=O) groups excluding carboxylic acids is 3. The summed E-state index contributed by atoms with van der Waals surface area (Å²) in [4.78, 5) is 38.9. The fourth-order valence-corrected chi connectivity index (χ4v) is 4.24. The van der Waals surface area contributed by atoms with E-state index in [1.54, 1.807) is 66.7 Å². The van der Waals surface area contributed by atoms with Crippen molar-refractivity contribution < 1.29 is 28.6 Å². The van der Waals surface area contributed by atoms with E-state index in [1.165, 1.54) is 4.90 Å². The van der Waals surface area contributed by atoms with Gasteiger partial charge in [0, 0.05) is 17.3 Å². The van der Waals surface area contributed by atoms with Gasteiger partial charge in [-0.1, -0.05) is 11.6 Å². The molecule has 5 rings (SSSR count). The van der Waals surface area contributed by atoms with Gasteiger partial charge in [0.1, 0.15) is 17.2 Å². The molecule has 0 aliphatic carbocycles. The number of rotatable bonds is 8. The molecule has 9 heteroatoms. The molecule has 2 heterocycles. The number of imide groups is 1. The van der Waals surface area contributed by atoms with Crippen LogP contribution in [0.5, 0.6) is 17.2 Å². The van der Waals surface area contributed by atoms with Crippen LogP contribution in [0.15, 0.2) is 66.7 Å². The lowest BCUT2D eigenvalue weighted by molar-refractivity contribution is -0.118. The number of nitrogens with one attached hydrogen (secondary N) is 1. The first-order valence-corrected chi connectivity index (χ1v) is 11.9. The summed E-state index contributed by atoms with van der Waals surface area (Å²) in [6.45, 7) is 0.775. The topological polar surface area (TPSA) is 94.2 Å². The van der Waals surface area contributed by atoms with E-state index in [1.807, 2.05) is 0 Å². The molecule has 0 radical (unpaired) electrons. The van der Waals surface area contributed by atoms with Gasteiger partial charge in [0.25, 0.3) is 17.7 Å². The predicted octanol–water partition coefficient (Wildman–Crippen LogP) is 4.92. The number of benzene rings is 3. The van der Waals surface area contributed by atoms with Crippen LogP contribution in [0.3, 0.4) is 0 Å². The Morgan fingerprint density at radius 1 is 0.944 bits per heavy atom. The highest BCUT2D eigenvalue weighted by Crippen LogP contribution is 2.31. The van der Waals surface area contributed by atoms with Crippen molar-refractivity contribution in [2.45, 2.75) is 18.9 Å². The zero-order chi connectivity index (χ0) is 25.1. The molecule has 8 nitrogen and oxygen atoms in total. The molecule has 3 amide bonds. The van der Waals surface area contributed by atoms with E-state index < -0.39 is 0 Å². The van der Waals surface area contributed by atoms with E-state index in [0.717, 1.165) is 12.8 Å². The molecular weight excluding hydrogens is 484 g/mol. The molecule has 2 aliphatic rings. The maximum atomic E-state index is 12.8. The molecule has 3 aromatic rings. The molecule has 1 N–H and O–H groups in total. The summed E-state index contributed by atoms with van der Waals surface area (Å²) in [5.41, 5.74) is 1.26. The molecule has 0 bridgehead atoms. The Kier molecular flexibility index (Phi) is 6.88. The second-order valence-electron chi connectivity index (χ2n) is 8.48. The van der Waals surface area contributed by atoms with Crippen LogP contribution in [0.1, 0.15) is 33.6 Å². The van der Waals surface area contributed by atoms with Crippen molar-refractivity contribution in [2.75, 3.05) is 25.1 Å². The van der Waals surface area contributed by atoms with Crippen LogP contribution in [0.2, 0.25) is 5.02 Å². The number of amides is 3. The molecule has 0 saturated carbocycles. The zero-order valence-electron chi connectivity index (χ0n) is 19.2. The van der Waals surface area contributed by atoms with Gasteiger partial charge in [-0.15, -0.1) is 0 Å². The van der Waals surface area contributed by atoms with Gasteiger partial charge in [0.05, 0.1) is 23.8 Å². The lowest BCUT2D eigenvalue weighted by Crippen LogP contribution is -2.36. The maximum Gasteiger partial charge on any atom is 0.262 e. The smallest absolute Gasteiger partial charge is 0.262 e. The molecule has 1 saturated heterocycles. The summed E-state index contributed by atoms with van der Waals surface area (Å²) in [5, 5.41) is 3.34. The molecular formula is C27H23ClN2O6. The quantitative estimate of drug-likeness (QED) is 0.436. The van der Waals surface area contributed by atoms with Gasteiger partial charge in [-0.05, 0) is 79.6 Å². The average Bonchev–Trinajstić information content (AvgIpc) is 3.48. The number of fused-ring (bicyclic) bond motifs is 1. The average molecular weight is 507 g/mol. The van der Waals surface area contributed by atoms with Crippen LogP contribution in [0, 0.1) is 0 Å². The molecule has 0 aromatic heterocycles. The van der Waals surface area contributed by atoms with Crippen molar-refractivity contribution in [2.24, 2.45) is 0 Å². The van der Waals surface area contributed by atoms with Crippen LogP contribution in [-0.4, -0.2) is 48.5 Å². The largest absolute Gasteiger partial charge is 0.484 e. The van der Waals surface area contributed by atoms with Gasteiger partial charge in [0.15, 0.2) is 6.61 Å². The summed E-state index contributed by atoms with van der Waals surface area (Å²) < 4.78 is 16.9. The first-order chi connectivity index (χ1) is 17.5. The molecule has 1 unspecified atom stereocenters. The number of hydrogen-bond acceptors (Lipinski definition) is 6. The van der Waals surface area contributed by atoms with E-state index >= 15 is 0 Å². The Morgan fingerprint density at radius 2 is 1.64 bits per heavy atom. The SMILES string of the molecule is O=C(COc1ccc(Cl)cc1)Nc1ccc(Oc2ccc3c(c2)C(=O)N(CC2CCCO2)C3=O)cc1. The lowest BCUT2D eigenvalue weighted by Gasteiger charge is -2.17. The Hall–Kier alpha value is -3.88. The molecule has 1 atom stereocenters. The number of hydrogen-bond donors (Lipinski definition) is 1. The van der Waals surface area contributed by atoms with Gasteiger partial charge < -0.3 is 19.5 Å². The van der Waals surface area contributed by atoms with Crippen molar-refractivity contribution in [3.63, 3.8) is 0 Å². The minimum atomic E-state index is -0.338. The van der Waals surface area contributed by atoms with Crippen LogP contribution >= 0.6 is 11.6 Å². The Morgan fingerprint density at radius 3 is 2.36 bits per heavy atom. The van der Waals surface area contributed by atoms with Gasteiger partial charge in [-0.3, -0.25) is 19.3 Å². The Bertz CT molecular complexity index is 1290. The van der Waals surface area contributed by atoms with Crippen molar-refractivity contribution in [1.29, 1.82) is 0 Å². The summed E-state index contributed by atoms with van der Waals surface area (Å²) >= 11 is 5.84. The van der Waals surface area contributed by atoms with Crippen LogP contribution in [0.25, 0.3) is 0 Å². The normalized spacial score (nSPS) is 16.7. The third kappa shape index (κ3) is 5.35. The van der Waals surface area contributed by atoms with Gasteiger partial charge in [0.2, 0.25) is 0 Å². The standard InChI is InChI=1S/C27H23ClN2O6/c28-17-3-7-19(8-4-17)35-16-25(31)29-18-5-9-20(10-6-18)36-21-11-12-23-24(14-21)27(33)30(26(23)32)15-22-2-1-13-34-22/h3-12,14,22H,1-2,13,15-16H2,(H,29,31). The third-order valence-corrected chi connectivity index (χ3v) is 6.16. The van der Waals surface area contributed by atoms with E-state index in [2.05, 4.69) is 5.32 Å². The zero-order valence-corrected chi connectivity index (χ0v) is 20.0. The van der Waals surface area contributed by atoms with Crippen molar-refractivity contribution in [3.8, 4) is 17.2 Å². The predicted molar refractivity (Wildman–Crippen MR) is 133 cm³/mol. The molecule has 2 aliphatic heterocycles. The van der Waals surface area contributed by atoms with E-state index in [-0.39, 0.29) is 37.0 Å². The highest BCUT2D eigenvalue weighted by molar-refractivity contribution is 6.30. The van der Waals surface area contributed by atoms with Crippen LogP contribution in [-0.2, 0) is 9.53 Å². The highest BCUT2D eigenvalue weighted by Gasteiger charge is 2.37. The molecule has 0 spiro atoms. The third-order valence-electron chi connectivity index (χ3n) is 5.91. The number of halogens is 1. The van der Waals surface area contributed by atoms with Crippen molar-refractivity contribution in [1.82, 2.24) is 4.90 Å². The van der Waals surface area contributed by atoms with E-state index in [9.17, 15) is 14.4 Å². The second kappa shape index (κ2) is 10.4. The van der Waals surface area contributed by atoms with Crippen LogP contribution < -0.4 is 14.8 Å². The highest BCUT2D eigenvalue weighted by atomic mass is 35.5. The molecule has 184 valence electrons. The summed E-state index contributed by atoms with van der Waals surface area (Å²) in [6, 6.07) is 18.4. The second-order valence-corrected chi connectivity index (χ2v) is 8.92. The summed E-state index contributed by atoms with van der Waals surface area (Å²) in [7, 11) is 0. The molecule has 3 aromatic carbocycles. The fourth-order valence-electron chi connectivity index (χ4n) is 4.11. The summed E-state index contributed by atoms with van der Waals surface area (Å²) in [6.07, 6.45) is 1.67. The van der Waals surface area contributed by atoms with Crippen LogP contribution in [0.4, 0.5) is 5.69 Å². The number of ether oxygens (including phenoxy) is 3. The number of anilines is 1. The lowest BCUT2D eigenvalue weighted by atomic mass is 10.1. The molecule has 36 heavy (non-hydrogen) atoms.